The molecule has 0 aliphatic rings. The molecule has 0 saturated heterocycles. The van der Waals surface area contributed by atoms with Crippen molar-refractivity contribution in [3.05, 3.63) is 16.9 Å². The van der Waals surface area contributed by atoms with Crippen molar-refractivity contribution in [3.63, 3.8) is 0 Å². The van der Waals surface area contributed by atoms with Crippen LogP contribution in [0.4, 0.5) is 0 Å². The third-order valence-corrected chi connectivity index (χ3v) is 3.19. The van der Waals surface area contributed by atoms with E-state index < -0.39 is 0 Å². The van der Waals surface area contributed by atoms with Crippen molar-refractivity contribution < 1.29 is 0 Å². The van der Waals surface area contributed by atoms with E-state index in [4.69, 9.17) is 17.3 Å². The Kier molecular flexibility index (Phi) is 5.50. The molecule has 2 N–H and O–H groups in total. The van der Waals surface area contributed by atoms with Crippen LogP contribution in [0.2, 0.25) is 5.02 Å². The molecule has 0 aliphatic heterocycles. The second-order valence-corrected chi connectivity index (χ2v) is 4.88. The minimum atomic E-state index is -0.000926. The van der Waals surface area contributed by atoms with E-state index in [0.29, 0.717) is 5.02 Å². The number of nitrogens with zero attached hydrogens (tertiary/aromatic N) is 2. The zero-order valence-electron chi connectivity index (χ0n) is 9.24. The van der Waals surface area contributed by atoms with E-state index >= 15 is 0 Å². The Morgan fingerprint density at radius 2 is 2.40 bits per heavy atom. The second kappa shape index (κ2) is 6.40. The lowest BCUT2D eigenvalue weighted by Gasteiger charge is -2.13. The molecule has 5 heteroatoms. The van der Waals surface area contributed by atoms with Crippen molar-refractivity contribution in [2.75, 3.05) is 12.0 Å². The van der Waals surface area contributed by atoms with E-state index in [-0.39, 0.29) is 6.04 Å². The summed E-state index contributed by atoms with van der Waals surface area (Å²) in [6.07, 6.45) is 5.75. The fourth-order valence-electron chi connectivity index (χ4n) is 1.51. The van der Waals surface area contributed by atoms with Crippen molar-refractivity contribution in [2.45, 2.75) is 32.4 Å². The van der Waals surface area contributed by atoms with Crippen LogP contribution in [-0.2, 0) is 6.54 Å². The van der Waals surface area contributed by atoms with Gasteiger partial charge < -0.3 is 5.73 Å². The molecule has 0 radical (unpaired) electrons. The predicted molar refractivity (Wildman–Crippen MR) is 67.5 cm³/mol. The molecule has 15 heavy (non-hydrogen) atoms. The molecule has 1 atom stereocenters. The molecule has 1 rings (SSSR count). The average Bonchev–Trinajstić information content (AvgIpc) is 2.57. The van der Waals surface area contributed by atoms with Crippen molar-refractivity contribution >= 4 is 23.4 Å². The fraction of sp³-hybridized carbons (Fsp3) is 0.700. The standard InChI is InChI=1S/C10H18ClN3S/c1-3-5-14-10(8(11)7-13-14)9(12)4-6-15-2/h7,9H,3-6,12H2,1-2H3. The van der Waals surface area contributed by atoms with Crippen LogP contribution in [0.5, 0.6) is 0 Å². The molecule has 0 aliphatic carbocycles. The smallest absolute Gasteiger partial charge is 0.0834 e. The van der Waals surface area contributed by atoms with Crippen LogP contribution >= 0.6 is 23.4 Å². The Labute approximate surface area is 100 Å². The van der Waals surface area contributed by atoms with Gasteiger partial charge in [-0.2, -0.15) is 16.9 Å². The molecule has 0 aromatic carbocycles. The highest BCUT2D eigenvalue weighted by atomic mass is 35.5. The third-order valence-electron chi connectivity index (χ3n) is 2.25. The maximum Gasteiger partial charge on any atom is 0.0834 e. The summed E-state index contributed by atoms with van der Waals surface area (Å²) in [7, 11) is 0. The Morgan fingerprint density at radius 3 is 3.00 bits per heavy atom. The molecular weight excluding hydrogens is 230 g/mol. The summed E-state index contributed by atoms with van der Waals surface area (Å²) >= 11 is 7.88. The van der Waals surface area contributed by atoms with E-state index in [1.807, 2.05) is 4.68 Å². The maximum absolute atomic E-state index is 6.10. The number of nitrogens with two attached hydrogens (primary N) is 1. The van der Waals surface area contributed by atoms with Crippen LogP contribution in [0.15, 0.2) is 6.20 Å². The van der Waals surface area contributed by atoms with E-state index in [1.165, 1.54) is 0 Å². The van der Waals surface area contributed by atoms with E-state index in [0.717, 1.165) is 30.8 Å². The van der Waals surface area contributed by atoms with E-state index in [9.17, 15) is 0 Å². The highest BCUT2D eigenvalue weighted by Crippen LogP contribution is 2.24. The number of thioether (sulfide) groups is 1. The van der Waals surface area contributed by atoms with Crippen molar-refractivity contribution in [1.29, 1.82) is 0 Å². The van der Waals surface area contributed by atoms with Crippen molar-refractivity contribution in [1.82, 2.24) is 9.78 Å². The molecule has 1 aromatic heterocycles. The summed E-state index contributed by atoms with van der Waals surface area (Å²) < 4.78 is 1.92. The Balaban J connectivity index is 2.75. The first-order valence-corrected chi connectivity index (χ1v) is 6.93. The Bertz CT molecular complexity index is 301. The Morgan fingerprint density at radius 1 is 1.67 bits per heavy atom. The SMILES string of the molecule is CCCn1ncc(Cl)c1C(N)CCSC. The van der Waals surface area contributed by atoms with Gasteiger partial charge in [-0.05, 0) is 24.9 Å². The number of aryl methyl sites for hydroxylation is 1. The van der Waals surface area contributed by atoms with E-state index in [2.05, 4.69) is 18.3 Å². The van der Waals surface area contributed by atoms with Gasteiger partial charge in [-0.15, -0.1) is 0 Å². The highest BCUT2D eigenvalue weighted by molar-refractivity contribution is 7.98. The van der Waals surface area contributed by atoms with Gasteiger partial charge in [0.25, 0.3) is 0 Å². The molecule has 0 bridgehead atoms. The average molecular weight is 248 g/mol. The summed E-state index contributed by atoms with van der Waals surface area (Å²) in [5, 5.41) is 4.92. The van der Waals surface area contributed by atoms with Crippen LogP contribution in [0.3, 0.4) is 0 Å². The van der Waals surface area contributed by atoms with Gasteiger partial charge in [-0.3, -0.25) is 4.68 Å². The van der Waals surface area contributed by atoms with Crippen LogP contribution in [-0.4, -0.2) is 21.8 Å². The van der Waals surface area contributed by atoms with Gasteiger partial charge in [0.2, 0.25) is 0 Å². The number of hydrogen-bond acceptors (Lipinski definition) is 3. The normalized spacial score (nSPS) is 13.1. The molecule has 0 amide bonds. The lowest BCUT2D eigenvalue weighted by atomic mass is 10.1. The van der Waals surface area contributed by atoms with Crippen LogP contribution in [0, 0.1) is 0 Å². The third kappa shape index (κ3) is 3.40. The number of aromatic nitrogens is 2. The summed E-state index contributed by atoms with van der Waals surface area (Å²) in [5.74, 6) is 1.05. The fourth-order valence-corrected chi connectivity index (χ4v) is 2.28. The van der Waals surface area contributed by atoms with Crippen LogP contribution in [0.1, 0.15) is 31.5 Å². The summed E-state index contributed by atoms with van der Waals surface area (Å²) in [5.41, 5.74) is 7.08. The summed E-state index contributed by atoms with van der Waals surface area (Å²) in [6.45, 7) is 3.00. The zero-order chi connectivity index (χ0) is 11.3. The summed E-state index contributed by atoms with van der Waals surface area (Å²) in [6, 6.07) is -0.000926. The molecule has 1 unspecified atom stereocenters. The highest BCUT2D eigenvalue weighted by Gasteiger charge is 2.15. The molecule has 3 nitrogen and oxygen atoms in total. The van der Waals surface area contributed by atoms with Gasteiger partial charge in [0.05, 0.1) is 16.9 Å². The largest absolute Gasteiger partial charge is 0.323 e. The second-order valence-electron chi connectivity index (χ2n) is 3.49. The number of rotatable bonds is 6. The van der Waals surface area contributed by atoms with Gasteiger partial charge in [0.1, 0.15) is 0 Å². The molecule has 0 saturated carbocycles. The van der Waals surface area contributed by atoms with Gasteiger partial charge in [0, 0.05) is 12.6 Å². The van der Waals surface area contributed by atoms with Gasteiger partial charge in [-0.1, -0.05) is 18.5 Å². The lowest BCUT2D eigenvalue weighted by Crippen LogP contribution is -2.17. The zero-order valence-corrected chi connectivity index (χ0v) is 10.8. The topological polar surface area (TPSA) is 43.8 Å². The van der Waals surface area contributed by atoms with Crippen LogP contribution < -0.4 is 5.73 Å². The quantitative estimate of drug-likeness (QED) is 0.841. The van der Waals surface area contributed by atoms with Crippen LogP contribution in [0.25, 0.3) is 0 Å². The number of hydrogen-bond donors (Lipinski definition) is 1. The van der Waals surface area contributed by atoms with Crippen molar-refractivity contribution in [2.24, 2.45) is 5.73 Å². The minimum Gasteiger partial charge on any atom is -0.323 e. The van der Waals surface area contributed by atoms with Gasteiger partial charge >= 0.3 is 0 Å². The van der Waals surface area contributed by atoms with Gasteiger partial charge in [-0.25, -0.2) is 0 Å². The summed E-state index contributed by atoms with van der Waals surface area (Å²) in [4.78, 5) is 0. The molecule has 0 fully saturated rings. The lowest BCUT2D eigenvalue weighted by molar-refractivity contribution is 0.534. The van der Waals surface area contributed by atoms with E-state index in [1.54, 1.807) is 18.0 Å². The predicted octanol–water partition coefficient (Wildman–Crippen LogP) is 2.70. The molecule has 1 aromatic rings. The Hall–Kier alpha value is -0.190. The maximum atomic E-state index is 6.10. The molecule has 0 spiro atoms. The first-order valence-electron chi connectivity index (χ1n) is 5.16. The molecular formula is C10H18ClN3S. The number of halogens is 1. The molecule has 1 heterocycles. The minimum absolute atomic E-state index is 0.000926. The monoisotopic (exact) mass is 247 g/mol. The molecule has 86 valence electrons. The first kappa shape index (κ1) is 12.9. The van der Waals surface area contributed by atoms with Crippen molar-refractivity contribution in [3.8, 4) is 0 Å². The first-order chi connectivity index (χ1) is 7.20. The van der Waals surface area contributed by atoms with Gasteiger partial charge in [0.15, 0.2) is 0 Å².